The minimum absolute atomic E-state index is 0.174. The molecule has 6 nitrogen and oxygen atoms in total. The lowest BCUT2D eigenvalue weighted by Gasteiger charge is -2.30. The summed E-state index contributed by atoms with van der Waals surface area (Å²) in [7, 11) is 0.357. The van der Waals surface area contributed by atoms with Crippen molar-refractivity contribution in [1.29, 1.82) is 0 Å². The lowest BCUT2D eigenvalue weighted by atomic mass is 10.1. The third kappa shape index (κ3) is 3.39. The predicted octanol–water partition coefficient (Wildman–Crippen LogP) is 2.41. The van der Waals surface area contributed by atoms with Crippen LogP contribution in [0.5, 0.6) is 0 Å². The number of alkyl halides is 1. The largest absolute Gasteiger partial charge is 0.375 e. The number of nitrogens with zero attached hydrogens (tertiary/aromatic N) is 4. The molecule has 2 aromatic heterocycles. The zero-order valence-corrected chi connectivity index (χ0v) is 14.8. The highest BCUT2D eigenvalue weighted by Crippen LogP contribution is 2.29. The van der Waals surface area contributed by atoms with E-state index in [1.54, 1.807) is 19.6 Å². The molecular formula is C16H21FN4O2S. The number of halogens is 1. The van der Waals surface area contributed by atoms with Gasteiger partial charge in [-0.3, -0.25) is 4.21 Å². The number of hydrogen-bond donors (Lipinski definition) is 0. The Hall–Kier alpha value is -1.67. The molecule has 1 fully saturated rings. The summed E-state index contributed by atoms with van der Waals surface area (Å²) in [4.78, 5) is 15.4. The number of hydrogen-bond acceptors (Lipinski definition) is 6. The molecule has 0 aliphatic carbocycles. The molecule has 1 aliphatic heterocycles. The maximum atomic E-state index is 13.5. The Morgan fingerprint density at radius 3 is 2.71 bits per heavy atom. The van der Waals surface area contributed by atoms with Crippen molar-refractivity contribution in [1.82, 2.24) is 15.0 Å². The monoisotopic (exact) mass is 352 g/mol. The molecule has 130 valence electrons. The molecule has 0 saturated carbocycles. The Morgan fingerprint density at radius 2 is 2.08 bits per heavy atom. The molecule has 0 N–H and O–H groups in total. The number of rotatable bonds is 4. The Labute approximate surface area is 142 Å². The second-order valence-corrected chi connectivity index (χ2v) is 7.23. The number of ether oxygens (including phenoxy) is 1. The highest BCUT2D eigenvalue weighted by molar-refractivity contribution is 7.84. The van der Waals surface area contributed by atoms with E-state index in [-0.39, 0.29) is 11.3 Å². The van der Waals surface area contributed by atoms with Crippen LogP contribution in [-0.4, -0.2) is 51.8 Å². The van der Waals surface area contributed by atoms with Gasteiger partial charge in [-0.1, -0.05) is 0 Å². The lowest BCUT2D eigenvalue weighted by Crippen LogP contribution is -2.35. The SMILES string of the molecule is CO[C@H](C)c1cc2cnc(S(C)=O)nc2c(N2CCC(F)CC2)n1. The summed E-state index contributed by atoms with van der Waals surface area (Å²) < 4.78 is 30.6. The van der Waals surface area contributed by atoms with Gasteiger partial charge in [0.15, 0.2) is 5.82 Å². The predicted molar refractivity (Wildman–Crippen MR) is 91.4 cm³/mol. The van der Waals surface area contributed by atoms with E-state index < -0.39 is 17.0 Å². The topological polar surface area (TPSA) is 68.2 Å². The van der Waals surface area contributed by atoms with Crippen LogP contribution in [0.3, 0.4) is 0 Å². The minimum Gasteiger partial charge on any atom is -0.375 e. The molecule has 3 heterocycles. The van der Waals surface area contributed by atoms with Crippen LogP contribution >= 0.6 is 0 Å². The molecular weight excluding hydrogens is 331 g/mol. The van der Waals surface area contributed by atoms with Crippen LogP contribution in [0, 0.1) is 0 Å². The van der Waals surface area contributed by atoms with Gasteiger partial charge in [-0.15, -0.1) is 0 Å². The molecule has 24 heavy (non-hydrogen) atoms. The van der Waals surface area contributed by atoms with Crippen LogP contribution in [0.4, 0.5) is 10.2 Å². The molecule has 2 aromatic rings. The van der Waals surface area contributed by atoms with Gasteiger partial charge in [-0.2, -0.15) is 0 Å². The van der Waals surface area contributed by atoms with Crippen LogP contribution in [0.2, 0.25) is 0 Å². The molecule has 0 bridgehead atoms. The summed E-state index contributed by atoms with van der Waals surface area (Å²) in [6.45, 7) is 3.09. The first-order valence-corrected chi connectivity index (χ1v) is 9.48. The summed E-state index contributed by atoms with van der Waals surface area (Å²) in [6, 6.07) is 1.89. The van der Waals surface area contributed by atoms with E-state index in [1.165, 1.54) is 0 Å². The third-order valence-electron chi connectivity index (χ3n) is 4.30. The fourth-order valence-electron chi connectivity index (χ4n) is 2.77. The van der Waals surface area contributed by atoms with E-state index in [4.69, 9.17) is 9.72 Å². The van der Waals surface area contributed by atoms with Crippen molar-refractivity contribution in [2.24, 2.45) is 0 Å². The van der Waals surface area contributed by atoms with E-state index in [0.29, 0.717) is 37.3 Å². The van der Waals surface area contributed by atoms with Gasteiger partial charge in [-0.05, 0) is 25.8 Å². The Morgan fingerprint density at radius 1 is 1.38 bits per heavy atom. The zero-order valence-electron chi connectivity index (χ0n) is 14.0. The lowest BCUT2D eigenvalue weighted by molar-refractivity contribution is 0.116. The molecule has 0 radical (unpaired) electrons. The zero-order chi connectivity index (χ0) is 17.3. The van der Waals surface area contributed by atoms with Gasteiger partial charge in [0.2, 0.25) is 5.16 Å². The van der Waals surface area contributed by atoms with E-state index >= 15 is 0 Å². The van der Waals surface area contributed by atoms with Crippen LogP contribution in [0.15, 0.2) is 17.4 Å². The van der Waals surface area contributed by atoms with Gasteiger partial charge >= 0.3 is 0 Å². The fraction of sp³-hybridized carbons (Fsp3) is 0.562. The first kappa shape index (κ1) is 17.2. The normalized spacial score (nSPS) is 18.8. The number of methoxy groups -OCH3 is 1. The van der Waals surface area contributed by atoms with Gasteiger partial charge in [-0.25, -0.2) is 19.3 Å². The number of anilines is 1. The average molecular weight is 352 g/mol. The van der Waals surface area contributed by atoms with Crippen molar-refractivity contribution in [3.8, 4) is 0 Å². The number of pyridine rings is 1. The van der Waals surface area contributed by atoms with Crippen molar-refractivity contribution >= 4 is 27.5 Å². The average Bonchev–Trinajstić information content (AvgIpc) is 2.60. The molecule has 2 atom stereocenters. The smallest absolute Gasteiger partial charge is 0.218 e. The maximum Gasteiger partial charge on any atom is 0.218 e. The second kappa shape index (κ2) is 7.06. The quantitative estimate of drug-likeness (QED) is 0.787. The molecule has 0 spiro atoms. The van der Waals surface area contributed by atoms with Crippen LogP contribution in [-0.2, 0) is 15.5 Å². The van der Waals surface area contributed by atoms with Crippen molar-refractivity contribution in [2.45, 2.75) is 37.2 Å². The Kier molecular flexibility index (Phi) is 5.05. The molecule has 0 aromatic carbocycles. The van der Waals surface area contributed by atoms with Crippen molar-refractivity contribution in [3.63, 3.8) is 0 Å². The van der Waals surface area contributed by atoms with E-state index in [2.05, 4.69) is 9.97 Å². The van der Waals surface area contributed by atoms with Gasteiger partial charge in [0, 0.05) is 38.0 Å². The number of piperidine rings is 1. The van der Waals surface area contributed by atoms with Crippen molar-refractivity contribution in [2.75, 3.05) is 31.4 Å². The first-order chi connectivity index (χ1) is 11.5. The minimum atomic E-state index is -1.27. The first-order valence-electron chi connectivity index (χ1n) is 7.92. The summed E-state index contributed by atoms with van der Waals surface area (Å²) in [6.07, 6.45) is 3.23. The van der Waals surface area contributed by atoms with Crippen LogP contribution < -0.4 is 4.90 Å². The molecule has 1 saturated heterocycles. The van der Waals surface area contributed by atoms with Crippen molar-refractivity contribution < 1.29 is 13.3 Å². The summed E-state index contributed by atoms with van der Waals surface area (Å²) in [5.41, 5.74) is 1.43. The van der Waals surface area contributed by atoms with Crippen LogP contribution in [0.25, 0.3) is 10.9 Å². The van der Waals surface area contributed by atoms with E-state index in [0.717, 1.165) is 11.1 Å². The number of fused-ring (bicyclic) bond motifs is 1. The summed E-state index contributed by atoms with van der Waals surface area (Å²) in [5, 5.41) is 1.09. The van der Waals surface area contributed by atoms with E-state index in [1.807, 2.05) is 17.9 Å². The van der Waals surface area contributed by atoms with Gasteiger partial charge in [0.25, 0.3) is 0 Å². The maximum absolute atomic E-state index is 13.5. The standard InChI is InChI=1S/C16H21FN4O2S/c1-10(23-2)13-8-11-9-18-16(24(3)22)20-14(11)15(19-13)21-6-4-12(17)5-7-21/h8-10,12H,4-7H2,1-3H3/t10-,24?/m1/s1. The highest BCUT2D eigenvalue weighted by Gasteiger charge is 2.23. The van der Waals surface area contributed by atoms with E-state index in [9.17, 15) is 8.60 Å². The summed E-state index contributed by atoms with van der Waals surface area (Å²) in [5.74, 6) is 0.687. The molecule has 0 amide bonds. The molecule has 3 rings (SSSR count). The molecule has 1 unspecified atom stereocenters. The fourth-order valence-corrected chi connectivity index (χ4v) is 3.20. The van der Waals surface area contributed by atoms with Gasteiger partial charge in [0.1, 0.15) is 11.7 Å². The summed E-state index contributed by atoms with van der Waals surface area (Å²) >= 11 is 0. The number of aromatic nitrogens is 3. The second-order valence-electron chi connectivity index (χ2n) is 5.95. The highest BCUT2D eigenvalue weighted by atomic mass is 32.2. The van der Waals surface area contributed by atoms with Gasteiger partial charge < -0.3 is 9.64 Å². The Balaban J connectivity index is 2.13. The molecule has 1 aliphatic rings. The third-order valence-corrected chi connectivity index (χ3v) is 5.01. The molecule has 8 heteroatoms. The van der Waals surface area contributed by atoms with Crippen molar-refractivity contribution in [3.05, 3.63) is 18.0 Å². The van der Waals surface area contributed by atoms with Crippen LogP contribution in [0.1, 0.15) is 31.6 Å². The van der Waals surface area contributed by atoms with Gasteiger partial charge in [0.05, 0.1) is 22.6 Å². The Bertz CT molecular complexity index is 765.